The Morgan fingerprint density at radius 2 is 2.19 bits per heavy atom. The summed E-state index contributed by atoms with van der Waals surface area (Å²) < 4.78 is 1.01. The van der Waals surface area contributed by atoms with E-state index in [1.165, 1.54) is 11.3 Å². The molecule has 1 aliphatic rings. The van der Waals surface area contributed by atoms with E-state index in [1.54, 1.807) is 0 Å². The van der Waals surface area contributed by atoms with Crippen molar-refractivity contribution in [1.82, 2.24) is 10.2 Å². The lowest BCUT2D eigenvalue weighted by Crippen LogP contribution is -2.33. The van der Waals surface area contributed by atoms with Crippen LogP contribution in [0.1, 0.15) is 16.1 Å². The molecule has 1 aliphatic heterocycles. The third kappa shape index (κ3) is 3.45. The number of nitrogens with zero attached hydrogens (tertiary/aromatic N) is 1. The summed E-state index contributed by atoms with van der Waals surface area (Å²) in [6, 6.07) is 3.81. The molecule has 0 radical (unpaired) electrons. The molecule has 0 saturated carbocycles. The van der Waals surface area contributed by atoms with E-state index in [0.29, 0.717) is 0 Å². The van der Waals surface area contributed by atoms with Gasteiger partial charge in [-0.1, -0.05) is 0 Å². The highest BCUT2D eigenvalue weighted by molar-refractivity contribution is 9.11. The van der Waals surface area contributed by atoms with Gasteiger partial charge in [0.15, 0.2) is 0 Å². The molecule has 1 amide bonds. The van der Waals surface area contributed by atoms with Gasteiger partial charge in [0.05, 0.1) is 8.66 Å². The van der Waals surface area contributed by atoms with Crippen molar-refractivity contribution in [2.45, 2.75) is 6.42 Å². The zero-order chi connectivity index (χ0) is 10.7. The van der Waals surface area contributed by atoms with Crippen LogP contribution in [0.25, 0.3) is 0 Å². The second kappa shape index (κ2) is 6.59. The first-order valence-electron chi connectivity index (χ1n) is 5.03. The Morgan fingerprint density at radius 1 is 1.38 bits per heavy atom. The van der Waals surface area contributed by atoms with Crippen LogP contribution in [0, 0.1) is 0 Å². The van der Waals surface area contributed by atoms with Gasteiger partial charge in [-0.3, -0.25) is 4.79 Å². The van der Waals surface area contributed by atoms with E-state index in [0.717, 1.165) is 41.3 Å². The smallest absolute Gasteiger partial charge is 0.264 e. The van der Waals surface area contributed by atoms with E-state index in [4.69, 9.17) is 0 Å². The lowest BCUT2D eigenvalue weighted by Gasteiger charge is -2.18. The molecule has 1 aromatic rings. The van der Waals surface area contributed by atoms with Crippen LogP contribution in [0.5, 0.6) is 0 Å². The Morgan fingerprint density at radius 3 is 2.88 bits per heavy atom. The molecule has 2 rings (SSSR count). The molecule has 1 saturated heterocycles. The summed E-state index contributed by atoms with van der Waals surface area (Å²) in [4.78, 5) is 14.8. The standard InChI is InChI=1S/C10H13BrN2OS.ClH/c11-9-3-2-8(15-9)10(14)13-6-1-4-12-5-7-13;/h2-3,12H,1,4-7H2;1H. The molecule has 1 aromatic heterocycles. The highest BCUT2D eigenvalue weighted by atomic mass is 79.9. The predicted octanol–water partition coefficient (Wildman–Crippen LogP) is 2.37. The molecular weight excluding hydrogens is 312 g/mol. The number of amides is 1. The predicted molar refractivity (Wildman–Crippen MR) is 72.7 cm³/mol. The van der Waals surface area contributed by atoms with Crippen molar-refractivity contribution in [1.29, 1.82) is 0 Å². The monoisotopic (exact) mass is 324 g/mol. The molecule has 0 aromatic carbocycles. The lowest BCUT2D eigenvalue weighted by molar-refractivity contribution is 0.0771. The summed E-state index contributed by atoms with van der Waals surface area (Å²) in [5.41, 5.74) is 0. The molecule has 0 atom stereocenters. The van der Waals surface area contributed by atoms with Gasteiger partial charge in [0, 0.05) is 19.6 Å². The second-order valence-electron chi connectivity index (χ2n) is 3.50. The molecule has 0 unspecified atom stereocenters. The fourth-order valence-electron chi connectivity index (χ4n) is 1.63. The van der Waals surface area contributed by atoms with Gasteiger partial charge in [-0.05, 0) is 41.0 Å². The fourth-order valence-corrected chi connectivity index (χ4v) is 2.99. The second-order valence-corrected chi connectivity index (χ2v) is 5.96. The van der Waals surface area contributed by atoms with E-state index in [-0.39, 0.29) is 18.3 Å². The minimum Gasteiger partial charge on any atom is -0.337 e. The maximum atomic E-state index is 12.1. The number of thiophene rings is 1. The van der Waals surface area contributed by atoms with Crippen molar-refractivity contribution in [2.24, 2.45) is 0 Å². The molecular formula is C10H14BrClN2OS. The molecule has 0 spiro atoms. The highest BCUT2D eigenvalue weighted by Gasteiger charge is 2.18. The third-order valence-corrected chi connectivity index (χ3v) is 4.02. The van der Waals surface area contributed by atoms with Crippen molar-refractivity contribution in [2.75, 3.05) is 26.2 Å². The average Bonchev–Trinajstić information content (AvgIpc) is 2.53. The van der Waals surface area contributed by atoms with Gasteiger partial charge in [0.25, 0.3) is 5.91 Å². The van der Waals surface area contributed by atoms with E-state index < -0.39 is 0 Å². The largest absolute Gasteiger partial charge is 0.337 e. The van der Waals surface area contributed by atoms with Crippen molar-refractivity contribution in [3.8, 4) is 0 Å². The quantitative estimate of drug-likeness (QED) is 0.860. The Balaban J connectivity index is 0.00000128. The van der Waals surface area contributed by atoms with Gasteiger partial charge in [-0.25, -0.2) is 0 Å². The van der Waals surface area contributed by atoms with Crippen LogP contribution in [-0.2, 0) is 0 Å². The number of carbonyl (C=O) groups excluding carboxylic acids is 1. The Labute approximate surface area is 114 Å². The third-order valence-electron chi connectivity index (χ3n) is 2.41. The molecule has 0 aliphatic carbocycles. The highest BCUT2D eigenvalue weighted by Crippen LogP contribution is 2.23. The molecule has 3 nitrogen and oxygen atoms in total. The average molecular weight is 326 g/mol. The fraction of sp³-hybridized carbons (Fsp3) is 0.500. The van der Waals surface area contributed by atoms with Gasteiger partial charge in [0.2, 0.25) is 0 Å². The van der Waals surface area contributed by atoms with Crippen LogP contribution in [0.4, 0.5) is 0 Å². The summed E-state index contributed by atoms with van der Waals surface area (Å²) in [5.74, 6) is 0.161. The summed E-state index contributed by atoms with van der Waals surface area (Å²) in [6.07, 6.45) is 1.04. The first-order chi connectivity index (χ1) is 7.27. The SMILES string of the molecule is Cl.O=C(c1ccc(Br)s1)N1CCCNCC1. The van der Waals surface area contributed by atoms with E-state index >= 15 is 0 Å². The summed E-state index contributed by atoms with van der Waals surface area (Å²) in [6.45, 7) is 3.59. The van der Waals surface area contributed by atoms with Crippen LogP contribution in [-0.4, -0.2) is 37.0 Å². The van der Waals surface area contributed by atoms with Gasteiger partial charge in [0.1, 0.15) is 0 Å². The first-order valence-corrected chi connectivity index (χ1v) is 6.63. The van der Waals surface area contributed by atoms with Crippen LogP contribution in [0.15, 0.2) is 15.9 Å². The molecule has 16 heavy (non-hydrogen) atoms. The summed E-state index contributed by atoms with van der Waals surface area (Å²) >= 11 is 4.88. The maximum Gasteiger partial charge on any atom is 0.264 e. The van der Waals surface area contributed by atoms with Crippen LogP contribution in [0.3, 0.4) is 0 Å². The molecule has 90 valence electrons. The van der Waals surface area contributed by atoms with Gasteiger partial charge >= 0.3 is 0 Å². The number of nitrogens with one attached hydrogen (secondary N) is 1. The van der Waals surface area contributed by atoms with Crippen LogP contribution < -0.4 is 5.32 Å². The van der Waals surface area contributed by atoms with Crippen molar-refractivity contribution in [3.63, 3.8) is 0 Å². The zero-order valence-corrected chi connectivity index (χ0v) is 12.0. The van der Waals surface area contributed by atoms with Crippen molar-refractivity contribution >= 4 is 45.6 Å². The molecule has 1 N–H and O–H groups in total. The van der Waals surface area contributed by atoms with E-state index in [9.17, 15) is 4.79 Å². The maximum absolute atomic E-state index is 12.1. The van der Waals surface area contributed by atoms with Gasteiger partial charge in [-0.15, -0.1) is 23.7 Å². The normalized spacial score (nSPS) is 16.4. The van der Waals surface area contributed by atoms with Crippen molar-refractivity contribution < 1.29 is 4.79 Å². The van der Waals surface area contributed by atoms with E-state index in [2.05, 4.69) is 21.2 Å². The number of carbonyl (C=O) groups is 1. The van der Waals surface area contributed by atoms with Crippen LogP contribution in [0.2, 0.25) is 0 Å². The summed E-state index contributed by atoms with van der Waals surface area (Å²) in [5, 5.41) is 3.29. The van der Waals surface area contributed by atoms with Crippen molar-refractivity contribution in [3.05, 3.63) is 20.8 Å². The number of hydrogen-bond acceptors (Lipinski definition) is 3. The van der Waals surface area contributed by atoms with Gasteiger partial charge in [-0.2, -0.15) is 0 Å². The Kier molecular flexibility index (Phi) is 5.75. The first kappa shape index (κ1) is 14.0. The zero-order valence-electron chi connectivity index (χ0n) is 8.74. The number of hydrogen-bond donors (Lipinski definition) is 1. The number of halogens is 2. The number of rotatable bonds is 1. The van der Waals surface area contributed by atoms with E-state index in [1.807, 2.05) is 17.0 Å². The van der Waals surface area contributed by atoms with Crippen LogP contribution >= 0.6 is 39.7 Å². The van der Waals surface area contributed by atoms with Gasteiger partial charge < -0.3 is 10.2 Å². The Bertz CT molecular complexity index is 350. The molecule has 0 bridgehead atoms. The molecule has 6 heteroatoms. The summed E-state index contributed by atoms with van der Waals surface area (Å²) in [7, 11) is 0. The Hall–Kier alpha value is -0.100. The minimum absolute atomic E-state index is 0. The minimum atomic E-state index is 0. The molecule has 1 fully saturated rings. The topological polar surface area (TPSA) is 32.3 Å². The molecule has 2 heterocycles. The lowest BCUT2D eigenvalue weighted by atomic mass is 10.3.